The van der Waals surface area contributed by atoms with Crippen molar-refractivity contribution in [3.8, 4) is 5.75 Å². The van der Waals surface area contributed by atoms with Gasteiger partial charge in [-0.15, -0.1) is 0 Å². The minimum absolute atomic E-state index is 0.190. The minimum atomic E-state index is -0.761. The maximum Gasteiger partial charge on any atom is 0.168 e. The number of hydrogen-bond donors (Lipinski definition) is 1. The largest absolute Gasteiger partial charge is 0.494 e. The molecule has 0 amide bonds. The van der Waals surface area contributed by atoms with Crippen LogP contribution in [0.1, 0.15) is 22.9 Å². The van der Waals surface area contributed by atoms with Gasteiger partial charge in [0.1, 0.15) is 0 Å². The Kier molecular flexibility index (Phi) is 4.12. The van der Waals surface area contributed by atoms with Crippen molar-refractivity contribution in [2.45, 2.75) is 19.4 Å². The highest BCUT2D eigenvalue weighted by molar-refractivity contribution is 5.32. The van der Waals surface area contributed by atoms with Gasteiger partial charge in [0.05, 0.1) is 13.2 Å². The third-order valence-corrected chi connectivity index (χ3v) is 2.98. The highest BCUT2D eigenvalue weighted by Crippen LogP contribution is 2.25. The van der Waals surface area contributed by atoms with E-state index in [9.17, 15) is 9.50 Å². The molecule has 0 aliphatic heterocycles. The van der Waals surface area contributed by atoms with Crippen molar-refractivity contribution in [2.75, 3.05) is 7.11 Å². The lowest BCUT2D eigenvalue weighted by Gasteiger charge is -2.13. The van der Waals surface area contributed by atoms with Gasteiger partial charge < -0.3 is 9.84 Å². The van der Waals surface area contributed by atoms with Gasteiger partial charge in [0.25, 0.3) is 0 Å². The summed E-state index contributed by atoms with van der Waals surface area (Å²) in [6.07, 6.45) is 1.07. The second-order valence-electron chi connectivity index (χ2n) is 4.38. The zero-order valence-corrected chi connectivity index (χ0v) is 10.9. The molecule has 1 heterocycles. The number of pyridine rings is 1. The third-order valence-electron chi connectivity index (χ3n) is 2.98. The summed E-state index contributed by atoms with van der Waals surface area (Å²) in [5, 5.41) is 10.2. The van der Waals surface area contributed by atoms with Crippen LogP contribution in [0.2, 0.25) is 0 Å². The summed E-state index contributed by atoms with van der Waals surface area (Å²) in [6, 6.07) is 8.44. The molecular weight excluding hydrogens is 245 g/mol. The van der Waals surface area contributed by atoms with Crippen LogP contribution < -0.4 is 4.74 Å². The van der Waals surface area contributed by atoms with Crippen LogP contribution in [0.25, 0.3) is 0 Å². The fourth-order valence-corrected chi connectivity index (χ4v) is 1.97. The van der Waals surface area contributed by atoms with Crippen molar-refractivity contribution >= 4 is 0 Å². The van der Waals surface area contributed by atoms with Crippen molar-refractivity contribution in [3.05, 3.63) is 59.2 Å². The van der Waals surface area contributed by atoms with Crippen LogP contribution in [0.15, 0.2) is 36.5 Å². The molecule has 0 saturated carbocycles. The van der Waals surface area contributed by atoms with E-state index in [2.05, 4.69) is 4.98 Å². The third kappa shape index (κ3) is 3.09. The Balaban J connectivity index is 2.21. The Morgan fingerprint density at radius 3 is 2.84 bits per heavy atom. The Morgan fingerprint density at radius 1 is 1.37 bits per heavy atom. The lowest BCUT2D eigenvalue weighted by atomic mass is 10.0. The fraction of sp³-hybridized carbons (Fsp3) is 0.267. The molecule has 0 aliphatic carbocycles. The normalized spacial score (nSPS) is 12.2. The van der Waals surface area contributed by atoms with Crippen LogP contribution in [0.5, 0.6) is 5.75 Å². The first-order valence-electron chi connectivity index (χ1n) is 6.04. The monoisotopic (exact) mass is 261 g/mol. The van der Waals surface area contributed by atoms with E-state index in [1.54, 1.807) is 36.5 Å². The molecule has 1 atom stereocenters. The number of rotatable bonds is 4. The number of ether oxygens (including phenoxy) is 1. The predicted molar refractivity (Wildman–Crippen MR) is 70.6 cm³/mol. The molecule has 3 nitrogen and oxygen atoms in total. The van der Waals surface area contributed by atoms with Crippen LogP contribution in [0, 0.1) is 12.7 Å². The van der Waals surface area contributed by atoms with E-state index in [0.717, 1.165) is 11.3 Å². The van der Waals surface area contributed by atoms with Gasteiger partial charge in [0, 0.05) is 18.3 Å². The lowest BCUT2D eigenvalue weighted by molar-refractivity contribution is 0.176. The van der Waals surface area contributed by atoms with E-state index in [0.29, 0.717) is 5.56 Å². The predicted octanol–water partition coefficient (Wildman–Crippen LogP) is 2.81. The average molecular weight is 261 g/mol. The van der Waals surface area contributed by atoms with Gasteiger partial charge in [-0.2, -0.15) is 0 Å². The van der Waals surface area contributed by atoms with E-state index in [4.69, 9.17) is 4.74 Å². The number of hydrogen-bond acceptors (Lipinski definition) is 3. The summed E-state index contributed by atoms with van der Waals surface area (Å²) in [7, 11) is 1.42. The van der Waals surface area contributed by atoms with Gasteiger partial charge in [0.2, 0.25) is 0 Å². The molecular formula is C15H16FNO2. The molecule has 1 aromatic heterocycles. The quantitative estimate of drug-likeness (QED) is 0.920. The van der Waals surface area contributed by atoms with Crippen LogP contribution in [0.4, 0.5) is 4.39 Å². The average Bonchev–Trinajstić information content (AvgIpc) is 2.41. The second-order valence-corrected chi connectivity index (χ2v) is 4.38. The van der Waals surface area contributed by atoms with Gasteiger partial charge in [-0.1, -0.05) is 12.1 Å². The Bertz CT molecular complexity index is 572. The van der Waals surface area contributed by atoms with Gasteiger partial charge in [-0.25, -0.2) is 4.39 Å². The molecule has 0 aliphatic rings. The van der Waals surface area contributed by atoms with Gasteiger partial charge in [-0.3, -0.25) is 4.98 Å². The van der Waals surface area contributed by atoms with Crippen molar-refractivity contribution in [2.24, 2.45) is 0 Å². The highest BCUT2D eigenvalue weighted by atomic mass is 19.1. The van der Waals surface area contributed by atoms with Crippen molar-refractivity contribution in [1.29, 1.82) is 0 Å². The molecule has 2 rings (SSSR count). The van der Waals surface area contributed by atoms with Crippen molar-refractivity contribution < 1.29 is 14.2 Å². The first-order valence-corrected chi connectivity index (χ1v) is 6.04. The summed E-state index contributed by atoms with van der Waals surface area (Å²) in [6.45, 7) is 1.85. The Morgan fingerprint density at radius 2 is 2.16 bits per heavy atom. The molecule has 1 unspecified atom stereocenters. The first-order chi connectivity index (χ1) is 9.11. The zero-order valence-electron chi connectivity index (χ0n) is 10.9. The summed E-state index contributed by atoms with van der Waals surface area (Å²) >= 11 is 0. The zero-order chi connectivity index (χ0) is 13.8. The van der Waals surface area contributed by atoms with Crippen molar-refractivity contribution in [1.82, 2.24) is 4.98 Å². The molecule has 1 aromatic carbocycles. The van der Waals surface area contributed by atoms with E-state index >= 15 is 0 Å². The van der Waals surface area contributed by atoms with Gasteiger partial charge in [0.15, 0.2) is 11.6 Å². The number of methoxy groups -OCH3 is 1. The molecule has 100 valence electrons. The first kappa shape index (κ1) is 13.5. The van der Waals surface area contributed by atoms with Gasteiger partial charge >= 0.3 is 0 Å². The second kappa shape index (κ2) is 5.80. The SMILES string of the molecule is COc1cccc(CC(O)c2ccnc(C)c2)c1F. The van der Waals surface area contributed by atoms with Crippen LogP contribution >= 0.6 is 0 Å². The maximum absolute atomic E-state index is 14.0. The molecule has 4 heteroatoms. The number of benzene rings is 1. The Labute approximate surface area is 111 Å². The lowest BCUT2D eigenvalue weighted by Crippen LogP contribution is -2.05. The van der Waals surface area contributed by atoms with E-state index < -0.39 is 11.9 Å². The molecule has 1 N–H and O–H groups in total. The van der Waals surface area contributed by atoms with Gasteiger partial charge in [-0.05, 0) is 36.2 Å². The summed E-state index contributed by atoms with van der Waals surface area (Å²) in [5.41, 5.74) is 1.98. The standard InChI is InChI=1S/C15H16FNO2/c1-10-8-11(6-7-17-10)13(18)9-12-4-3-5-14(19-2)15(12)16/h3-8,13,18H,9H2,1-2H3. The fourth-order valence-electron chi connectivity index (χ4n) is 1.97. The maximum atomic E-state index is 14.0. The number of nitrogens with zero attached hydrogens (tertiary/aromatic N) is 1. The smallest absolute Gasteiger partial charge is 0.168 e. The molecule has 0 radical (unpaired) electrons. The minimum Gasteiger partial charge on any atom is -0.494 e. The Hall–Kier alpha value is -1.94. The molecule has 0 bridgehead atoms. The molecule has 19 heavy (non-hydrogen) atoms. The topological polar surface area (TPSA) is 42.4 Å². The number of aliphatic hydroxyl groups excluding tert-OH is 1. The summed E-state index contributed by atoms with van der Waals surface area (Å²) in [4.78, 5) is 4.07. The molecule has 0 fully saturated rings. The number of aliphatic hydroxyl groups is 1. The van der Waals surface area contributed by atoms with E-state index in [1.165, 1.54) is 7.11 Å². The van der Waals surface area contributed by atoms with Crippen LogP contribution in [-0.2, 0) is 6.42 Å². The number of aromatic nitrogens is 1. The van der Waals surface area contributed by atoms with Crippen LogP contribution in [-0.4, -0.2) is 17.2 Å². The summed E-state index contributed by atoms with van der Waals surface area (Å²) < 4.78 is 18.9. The van der Waals surface area contributed by atoms with Crippen LogP contribution in [0.3, 0.4) is 0 Å². The highest BCUT2D eigenvalue weighted by Gasteiger charge is 2.14. The van der Waals surface area contributed by atoms with E-state index in [-0.39, 0.29) is 12.2 Å². The van der Waals surface area contributed by atoms with Crippen molar-refractivity contribution in [3.63, 3.8) is 0 Å². The molecule has 0 saturated heterocycles. The number of halogens is 1. The number of aryl methyl sites for hydroxylation is 1. The summed E-state index contributed by atoms with van der Waals surface area (Å²) in [5.74, 6) is -0.231. The molecule has 0 spiro atoms. The molecule has 2 aromatic rings. The van der Waals surface area contributed by atoms with E-state index in [1.807, 2.05) is 6.92 Å².